The fourth-order valence-electron chi connectivity index (χ4n) is 2.32. The summed E-state index contributed by atoms with van der Waals surface area (Å²) >= 11 is 0. The highest BCUT2D eigenvalue weighted by molar-refractivity contribution is 5.49. The Morgan fingerprint density at radius 2 is 1.94 bits per heavy atom. The van der Waals surface area contributed by atoms with Crippen molar-refractivity contribution in [3.05, 3.63) is 24.3 Å². The molecule has 2 rings (SSSR count). The van der Waals surface area contributed by atoms with Crippen molar-refractivity contribution >= 4 is 5.69 Å². The van der Waals surface area contributed by atoms with Crippen molar-refractivity contribution in [2.75, 3.05) is 31.1 Å². The molecule has 1 aliphatic rings. The van der Waals surface area contributed by atoms with Crippen molar-refractivity contribution in [3.63, 3.8) is 0 Å². The number of nitrogens with one attached hydrogen (secondary N) is 1. The standard InChI is InChI=1S/C15H24N2O/c1-4-18-14-7-5-13(6-8-14)17-11-9-15(2,3)16-10-12-17/h5-8,16H,4,9-12H2,1-3H3. The fraction of sp³-hybridized carbons (Fsp3) is 0.600. The minimum atomic E-state index is 0.250. The minimum absolute atomic E-state index is 0.250. The lowest BCUT2D eigenvalue weighted by molar-refractivity contribution is 0.340. The monoisotopic (exact) mass is 248 g/mol. The summed E-state index contributed by atoms with van der Waals surface area (Å²) in [6.45, 7) is 10.5. The predicted molar refractivity (Wildman–Crippen MR) is 76.5 cm³/mol. The van der Waals surface area contributed by atoms with E-state index >= 15 is 0 Å². The van der Waals surface area contributed by atoms with Crippen LogP contribution in [0.15, 0.2) is 24.3 Å². The Balaban J connectivity index is 2.02. The second-order valence-electron chi connectivity index (χ2n) is 5.47. The van der Waals surface area contributed by atoms with Crippen LogP contribution in [-0.4, -0.2) is 31.8 Å². The molecule has 0 amide bonds. The maximum absolute atomic E-state index is 5.48. The van der Waals surface area contributed by atoms with Gasteiger partial charge in [-0.25, -0.2) is 0 Å². The SMILES string of the molecule is CCOc1ccc(N2CCNC(C)(C)CC2)cc1. The highest BCUT2D eigenvalue weighted by Crippen LogP contribution is 2.22. The molecule has 0 unspecified atom stereocenters. The lowest BCUT2D eigenvalue weighted by Gasteiger charge is -2.24. The van der Waals surface area contributed by atoms with Gasteiger partial charge in [-0.1, -0.05) is 0 Å². The van der Waals surface area contributed by atoms with Crippen molar-refractivity contribution in [1.82, 2.24) is 5.32 Å². The summed E-state index contributed by atoms with van der Waals surface area (Å²) in [6.07, 6.45) is 1.17. The maximum atomic E-state index is 5.48. The van der Waals surface area contributed by atoms with E-state index in [-0.39, 0.29) is 5.54 Å². The molecule has 0 radical (unpaired) electrons. The number of ether oxygens (including phenoxy) is 1. The summed E-state index contributed by atoms with van der Waals surface area (Å²) in [5, 5.41) is 3.59. The van der Waals surface area contributed by atoms with E-state index in [1.807, 2.05) is 6.92 Å². The van der Waals surface area contributed by atoms with Gasteiger partial charge in [-0.05, 0) is 51.5 Å². The molecule has 1 N–H and O–H groups in total. The Hall–Kier alpha value is -1.22. The average Bonchev–Trinajstić information content (AvgIpc) is 2.52. The second-order valence-corrected chi connectivity index (χ2v) is 5.47. The summed E-state index contributed by atoms with van der Waals surface area (Å²) in [5.74, 6) is 0.953. The van der Waals surface area contributed by atoms with E-state index in [2.05, 4.69) is 48.3 Å². The Morgan fingerprint density at radius 1 is 1.22 bits per heavy atom. The summed E-state index contributed by atoms with van der Waals surface area (Å²) in [6, 6.07) is 8.43. The predicted octanol–water partition coefficient (Wildman–Crippen LogP) is 2.66. The first-order valence-electron chi connectivity index (χ1n) is 6.83. The molecule has 1 fully saturated rings. The quantitative estimate of drug-likeness (QED) is 0.890. The van der Waals surface area contributed by atoms with Gasteiger partial charge in [-0.15, -0.1) is 0 Å². The number of hydrogen-bond acceptors (Lipinski definition) is 3. The van der Waals surface area contributed by atoms with Crippen LogP contribution in [0.3, 0.4) is 0 Å². The third kappa shape index (κ3) is 3.39. The molecule has 1 saturated heterocycles. The molecular weight excluding hydrogens is 224 g/mol. The molecule has 1 aromatic rings. The normalized spacial score (nSPS) is 19.4. The Kier molecular flexibility index (Phi) is 4.12. The molecular formula is C15H24N2O. The van der Waals surface area contributed by atoms with Gasteiger partial charge < -0.3 is 15.0 Å². The fourth-order valence-corrected chi connectivity index (χ4v) is 2.32. The van der Waals surface area contributed by atoms with Crippen LogP contribution in [0, 0.1) is 0 Å². The first-order chi connectivity index (χ1) is 8.61. The van der Waals surface area contributed by atoms with E-state index < -0.39 is 0 Å². The van der Waals surface area contributed by atoms with Gasteiger partial charge in [0.1, 0.15) is 5.75 Å². The maximum Gasteiger partial charge on any atom is 0.119 e. The van der Waals surface area contributed by atoms with Crippen molar-refractivity contribution in [1.29, 1.82) is 0 Å². The highest BCUT2D eigenvalue weighted by atomic mass is 16.5. The molecule has 18 heavy (non-hydrogen) atoms. The van der Waals surface area contributed by atoms with Crippen LogP contribution >= 0.6 is 0 Å². The molecule has 0 atom stereocenters. The van der Waals surface area contributed by atoms with Gasteiger partial charge >= 0.3 is 0 Å². The van der Waals surface area contributed by atoms with Gasteiger partial charge in [0.25, 0.3) is 0 Å². The summed E-state index contributed by atoms with van der Waals surface area (Å²) < 4.78 is 5.48. The smallest absolute Gasteiger partial charge is 0.119 e. The van der Waals surface area contributed by atoms with E-state index in [0.717, 1.165) is 32.0 Å². The van der Waals surface area contributed by atoms with Crippen molar-refractivity contribution in [2.24, 2.45) is 0 Å². The largest absolute Gasteiger partial charge is 0.494 e. The van der Waals surface area contributed by atoms with Crippen LogP contribution in [0.4, 0.5) is 5.69 Å². The molecule has 100 valence electrons. The Labute approximate surface area is 110 Å². The third-order valence-electron chi connectivity index (χ3n) is 3.50. The first kappa shape index (κ1) is 13.2. The Bertz CT molecular complexity index is 373. The summed E-state index contributed by atoms with van der Waals surface area (Å²) in [7, 11) is 0. The van der Waals surface area contributed by atoms with E-state index in [0.29, 0.717) is 0 Å². The van der Waals surface area contributed by atoms with Crippen LogP contribution in [0.1, 0.15) is 27.2 Å². The van der Waals surface area contributed by atoms with Gasteiger partial charge in [-0.3, -0.25) is 0 Å². The van der Waals surface area contributed by atoms with Crippen molar-refractivity contribution < 1.29 is 4.74 Å². The van der Waals surface area contributed by atoms with Gasteiger partial charge in [0.15, 0.2) is 0 Å². The minimum Gasteiger partial charge on any atom is -0.494 e. The first-order valence-corrected chi connectivity index (χ1v) is 6.83. The van der Waals surface area contributed by atoms with Gasteiger partial charge in [0, 0.05) is 30.9 Å². The number of benzene rings is 1. The lowest BCUT2D eigenvalue weighted by Crippen LogP contribution is -2.39. The van der Waals surface area contributed by atoms with Crippen LogP contribution in [0.2, 0.25) is 0 Å². The number of nitrogens with zero attached hydrogens (tertiary/aromatic N) is 1. The lowest BCUT2D eigenvalue weighted by atomic mass is 10.0. The molecule has 3 nitrogen and oxygen atoms in total. The number of rotatable bonds is 3. The van der Waals surface area contributed by atoms with E-state index in [1.165, 1.54) is 12.1 Å². The molecule has 1 aromatic carbocycles. The average molecular weight is 248 g/mol. The zero-order chi connectivity index (χ0) is 13.0. The molecule has 0 aliphatic carbocycles. The Morgan fingerprint density at radius 3 is 2.61 bits per heavy atom. The summed E-state index contributed by atoms with van der Waals surface area (Å²) in [4.78, 5) is 2.44. The van der Waals surface area contributed by atoms with Crippen LogP contribution in [-0.2, 0) is 0 Å². The zero-order valence-corrected chi connectivity index (χ0v) is 11.7. The van der Waals surface area contributed by atoms with Gasteiger partial charge in [0.05, 0.1) is 6.61 Å². The molecule has 0 spiro atoms. The van der Waals surface area contributed by atoms with Crippen LogP contribution in [0.5, 0.6) is 5.75 Å². The number of hydrogen-bond donors (Lipinski definition) is 1. The van der Waals surface area contributed by atoms with Crippen molar-refractivity contribution in [2.45, 2.75) is 32.7 Å². The molecule has 3 heteroatoms. The zero-order valence-electron chi connectivity index (χ0n) is 11.7. The number of anilines is 1. The molecule has 1 aliphatic heterocycles. The van der Waals surface area contributed by atoms with Crippen LogP contribution in [0.25, 0.3) is 0 Å². The molecule has 0 aromatic heterocycles. The topological polar surface area (TPSA) is 24.5 Å². The molecule has 1 heterocycles. The molecule has 0 bridgehead atoms. The third-order valence-corrected chi connectivity index (χ3v) is 3.50. The second kappa shape index (κ2) is 5.61. The van der Waals surface area contributed by atoms with Crippen LogP contribution < -0.4 is 15.0 Å². The molecule has 0 saturated carbocycles. The van der Waals surface area contributed by atoms with Gasteiger partial charge in [0.2, 0.25) is 0 Å². The van der Waals surface area contributed by atoms with Crippen molar-refractivity contribution in [3.8, 4) is 5.75 Å². The van der Waals surface area contributed by atoms with E-state index in [4.69, 9.17) is 4.74 Å². The highest BCUT2D eigenvalue weighted by Gasteiger charge is 2.22. The van der Waals surface area contributed by atoms with E-state index in [9.17, 15) is 0 Å². The van der Waals surface area contributed by atoms with Gasteiger partial charge in [-0.2, -0.15) is 0 Å². The summed E-state index contributed by atoms with van der Waals surface area (Å²) in [5.41, 5.74) is 1.54. The van der Waals surface area contributed by atoms with E-state index in [1.54, 1.807) is 0 Å².